The van der Waals surface area contributed by atoms with Crippen LogP contribution in [-0.4, -0.2) is 36.1 Å². The zero-order valence-electron chi connectivity index (χ0n) is 11.5. The summed E-state index contributed by atoms with van der Waals surface area (Å²) >= 11 is 0. The van der Waals surface area contributed by atoms with Gasteiger partial charge >= 0.3 is 0 Å². The van der Waals surface area contributed by atoms with Crippen molar-refractivity contribution in [3.8, 4) is 0 Å². The minimum Gasteiger partial charge on any atom is -0.356 e. The van der Waals surface area contributed by atoms with E-state index in [0.29, 0.717) is 5.92 Å². The first-order valence-corrected chi connectivity index (χ1v) is 7.31. The van der Waals surface area contributed by atoms with Crippen LogP contribution in [0.4, 0.5) is 11.6 Å². The predicted molar refractivity (Wildman–Crippen MR) is 78.6 cm³/mol. The van der Waals surface area contributed by atoms with Crippen LogP contribution < -0.4 is 9.80 Å². The van der Waals surface area contributed by atoms with Crippen LogP contribution in [0.2, 0.25) is 0 Å². The van der Waals surface area contributed by atoms with Crippen LogP contribution in [0.3, 0.4) is 0 Å². The number of rotatable bonds is 3. The third kappa shape index (κ3) is 2.72. The maximum atomic E-state index is 4.45. The Labute approximate surface area is 115 Å². The zero-order chi connectivity index (χ0) is 13.1. The normalized spacial score (nSPS) is 20.8. The monoisotopic (exact) mass is 258 g/mol. The third-order valence-corrected chi connectivity index (χ3v) is 4.27. The highest BCUT2D eigenvalue weighted by Gasteiger charge is 2.20. The fourth-order valence-electron chi connectivity index (χ4n) is 2.99. The minimum atomic E-state index is 0.677. The van der Waals surface area contributed by atoms with E-state index in [2.05, 4.69) is 38.5 Å². The van der Waals surface area contributed by atoms with E-state index in [1.54, 1.807) is 6.33 Å². The first-order valence-electron chi connectivity index (χ1n) is 7.31. The lowest BCUT2D eigenvalue weighted by Gasteiger charge is -2.31. The first-order chi connectivity index (χ1) is 9.36. The highest BCUT2D eigenvalue weighted by molar-refractivity contribution is 5.50. The average molecular weight is 258 g/mol. The molecule has 1 aromatic rings. The summed E-state index contributed by atoms with van der Waals surface area (Å²) in [5.74, 6) is 2.85. The molecule has 0 amide bonds. The number of aromatic nitrogens is 2. The summed E-state index contributed by atoms with van der Waals surface area (Å²) in [6.07, 6.45) is 8.74. The number of allylic oxidation sites excluding steroid dienone is 1. The molecule has 0 atom stereocenters. The Morgan fingerprint density at radius 3 is 2.16 bits per heavy atom. The number of nitrogens with zero attached hydrogens (tertiary/aromatic N) is 4. The molecule has 102 valence electrons. The Kier molecular flexibility index (Phi) is 3.67. The molecule has 3 rings (SSSR count). The summed E-state index contributed by atoms with van der Waals surface area (Å²) in [5, 5.41) is 0. The van der Waals surface area contributed by atoms with E-state index in [1.165, 1.54) is 25.7 Å². The van der Waals surface area contributed by atoms with Crippen LogP contribution in [0.5, 0.6) is 0 Å². The molecule has 1 aromatic heterocycles. The summed E-state index contributed by atoms with van der Waals surface area (Å²) in [4.78, 5) is 13.6. The topological polar surface area (TPSA) is 32.3 Å². The summed E-state index contributed by atoms with van der Waals surface area (Å²) in [6.45, 7) is 8.32. The second-order valence-corrected chi connectivity index (χ2v) is 5.49. The predicted octanol–water partition coefficient (Wildman–Crippen LogP) is 2.48. The Hall–Kier alpha value is -1.58. The SMILES string of the molecule is C=CC1CCN(c2cc(N3CCCC3)ncn2)CC1. The molecule has 2 fully saturated rings. The fourth-order valence-corrected chi connectivity index (χ4v) is 2.99. The van der Waals surface area contributed by atoms with Gasteiger partial charge in [-0.2, -0.15) is 0 Å². The third-order valence-electron chi connectivity index (χ3n) is 4.27. The molecule has 2 aliphatic heterocycles. The molecule has 0 N–H and O–H groups in total. The van der Waals surface area contributed by atoms with Gasteiger partial charge in [-0.25, -0.2) is 9.97 Å². The van der Waals surface area contributed by atoms with Crippen molar-refractivity contribution >= 4 is 11.6 Å². The summed E-state index contributed by atoms with van der Waals surface area (Å²) in [7, 11) is 0. The lowest BCUT2D eigenvalue weighted by molar-refractivity contribution is 0.477. The van der Waals surface area contributed by atoms with E-state index in [4.69, 9.17) is 0 Å². The molecule has 4 heteroatoms. The van der Waals surface area contributed by atoms with Crippen LogP contribution in [0, 0.1) is 5.92 Å². The molecular weight excluding hydrogens is 236 g/mol. The standard InChI is InChI=1S/C15H22N4/c1-2-13-5-9-19(10-6-13)15-11-14(16-12-17-15)18-7-3-4-8-18/h2,11-13H,1,3-10H2. The van der Waals surface area contributed by atoms with Gasteiger partial charge in [-0.05, 0) is 31.6 Å². The number of hydrogen-bond acceptors (Lipinski definition) is 4. The molecule has 0 aliphatic carbocycles. The van der Waals surface area contributed by atoms with E-state index in [9.17, 15) is 0 Å². The van der Waals surface area contributed by atoms with Crippen molar-refractivity contribution in [3.63, 3.8) is 0 Å². The second kappa shape index (κ2) is 5.59. The number of anilines is 2. The van der Waals surface area contributed by atoms with Crippen molar-refractivity contribution in [2.24, 2.45) is 5.92 Å². The van der Waals surface area contributed by atoms with Gasteiger partial charge in [-0.3, -0.25) is 0 Å². The summed E-state index contributed by atoms with van der Waals surface area (Å²) in [5.41, 5.74) is 0. The first kappa shape index (κ1) is 12.5. The van der Waals surface area contributed by atoms with E-state index >= 15 is 0 Å². The van der Waals surface area contributed by atoms with Crippen LogP contribution in [0.25, 0.3) is 0 Å². The van der Waals surface area contributed by atoms with E-state index in [0.717, 1.165) is 37.8 Å². The molecule has 0 spiro atoms. The van der Waals surface area contributed by atoms with Crippen molar-refractivity contribution in [2.45, 2.75) is 25.7 Å². The van der Waals surface area contributed by atoms with Crippen LogP contribution in [-0.2, 0) is 0 Å². The van der Waals surface area contributed by atoms with Gasteiger partial charge in [0, 0.05) is 32.2 Å². The van der Waals surface area contributed by atoms with Crippen LogP contribution in [0.1, 0.15) is 25.7 Å². The van der Waals surface area contributed by atoms with Crippen molar-refractivity contribution in [1.82, 2.24) is 9.97 Å². The average Bonchev–Trinajstić information content (AvgIpc) is 3.02. The lowest BCUT2D eigenvalue weighted by atomic mass is 9.97. The Morgan fingerprint density at radius 1 is 1.00 bits per heavy atom. The van der Waals surface area contributed by atoms with Crippen molar-refractivity contribution in [2.75, 3.05) is 36.0 Å². The zero-order valence-corrected chi connectivity index (χ0v) is 11.5. The van der Waals surface area contributed by atoms with E-state index in [1.807, 2.05) is 0 Å². The van der Waals surface area contributed by atoms with Gasteiger partial charge in [-0.15, -0.1) is 6.58 Å². The lowest BCUT2D eigenvalue weighted by Crippen LogP contribution is -2.34. The Balaban J connectivity index is 1.70. The smallest absolute Gasteiger partial charge is 0.134 e. The number of hydrogen-bond donors (Lipinski definition) is 0. The molecule has 0 unspecified atom stereocenters. The fraction of sp³-hybridized carbons (Fsp3) is 0.600. The molecule has 0 bridgehead atoms. The minimum absolute atomic E-state index is 0.677. The van der Waals surface area contributed by atoms with Gasteiger partial charge in [0.05, 0.1) is 0 Å². The van der Waals surface area contributed by atoms with E-state index in [-0.39, 0.29) is 0 Å². The van der Waals surface area contributed by atoms with Crippen molar-refractivity contribution in [3.05, 3.63) is 25.0 Å². The molecule has 3 heterocycles. The van der Waals surface area contributed by atoms with Crippen LogP contribution in [0.15, 0.2) is 25.0 Å². The highest BCUT2D eigenvalue weighted by Crippen LogP contribution is 2.25. The van der Waals surface area contributed by atoms with Gasteiger partial charge in [0.2, 0.25) is 0 Å². The van der Waals surface area contributed by atoms with Gasteiger partial charge in [-0.1, -0.05) is 6.08 Å². The molecule has 0 aromatic carbocycles. The molecule has 0 radical (unpaired) electrons. The van der Waals surface area contributed by atoms with Gasteiger partial charge in [0.15, 0.2) is 0 Å². The quantitative estimate of drug-likeness (QED) is 0.780. The van der Waals surface area contributed by atoms with Crippen molar-refractivity contribution < 1.29 is 0 Å². The van der Waals surface area contributed by atoms with Crippen LogP contribution >= 0.6 is 0 Å². The van der Waals surface area contributed by atoms with Gasteiger partial charge in [0.25, 0.3) is 0 Å². The molecule has 2 aliphatic rings. The largest absolute Gasteiger partial charge is 0.356 e. The second-order valence-electron chi connectivity index (χ2n) is 5.49. The highest BCUT2D eigenvalue weighted by atomic mass is 15.2. The Bertz CT molecular complexity index is 432. The number of piperidine rings is 1. The Morgan fingerprint density at radius 2 is 1.58 bits per heavy atom. The van der Waals surface area contributed by atoms with Crippen molar-refractivity contribution in [1.29, 1.82) is 0 Å². The molecule has 4 nitrogen and oxygen atoms in total. The van der Waals surface area contributed by atoms with Gasteiger partial charge in [0.1, 0.15) is 18.0 Å². The van der Waals surface area contributed by atoms with E-state index < -0.39 is 0 Å². The molecule has 0 saturated carbocycles. The van der Waals surface area contributed by atoms with Gasteiger partial charge < -0.3 is 9.80 Å². The summed E-state index contributed by atoms with van der Waals surface area (Å²) in [6, 6.07) is 2.15. The summed E-state index contributed by atoms with van der Waals surface area (Å²) < 4.78 is 0. The molecule has 19 heavy (non-hydrogen) atoms. The molecular formula is C15H22N4. The molecule has 2 saturated heterocycles. The maximum absolute atomic E-state index is 4.45. The maximum Gasteiger partial charge on any atom is 0.134 e.